The maximum Gasteiger partial charge on any atom is 0.419 e. The van der Waals surface area contributed by atoms with Crippen molar-refractivity contribution in [3.8, 4) is 0 Å². The Morgan fingerprint density at radius 2 is 0.618 bits per heavy atom. The van der Waals surface area contributed by atoms with Gasteiger partial charge in [-0.3, -0.25) is 0 Å². The summed E-state index contributed by atoms with van der Waals surface area (Å²) >= 11 is 0. The summed E-state index contributed by atoms with van der Waals surface area (Å²) in [7, 11) is 0. The molecule has 20 heteroatoms. The molecule has 0 heterocycles. The quantitative estimate of drug-likeness (QED) is 0.142. The lowest BCUT2D eigenvalue weighted by Crippen LogP contribution is -2.34. The topological polar surface area (TPSA) is 0 Å². The largest absolute Gasteiger partial charge is 0.419 e. The van der Waals surface area contributed by atoms with Crippen LogP contribution >= 0.6 is 0 Å². The van der Waals surface area contributed by atoms with E-state index >= 15 is 0 Å². The first kappa shape index (κ1) is 44.9. The van der Waals surface area contributed by atoms with Gasteiger partial charge in [-0.1, -0.05) is 43.3 Å². The van der Waals surface area contributed by atoms with Crippen LogP contribution < -0.4 is 0 Å². The molecule has 0 atom stereocenters. The Labute approximate surface area is 297 Å². The predicted octanol–water partition coefficient (Wildman–Crippen LogP) is 13.8. The monoisotopic (exact) mass is 822 g/mol. The first-order chi connectivity index (χ1) is 24.7. The minimum atomic E-state index is -7.16. The van der Waals surface area contributed by atoms with Gasteiger partial charge in [0.05, 0.1) is 22.3 Å². The second-order valence-electron chi connectivity index (χ2n) is 12.0. The molecule has 4 aromatic carbocycles. The summed E-state index contributed by atoms with van der Waals surface area (Å²) in [5.74, 6) is -30.4. The van der Waals surface area contributed by atoms with Crippen LogP contribution in [0.3, 0.4) is 0 Å². The molecule has 0 radical (unpaired) electrons. The SMILES string of the molecule is Cc1cccc(C(C)c2cccc(C)c2C)c1C.Fc1c(F)c(C(F)(F)F)c(C(F)(F)F)c(C(F)(F)c2c(F)c(F)c(F)c(C(F)(F)F)c2C(F)(F)F)c1F. The zero-order valence-electron chi connectivity index (χ0n) is 28.1. The fraction of sp³-hybridized carbons (Fsp3) is 0.314. The average molecular weight is 823 g/mol. The highest BCUT2D eigenvalue weighted by Gasteiger charge is 2.60. The van der Waals surface area contributed by atoms with Gasteiger partial charge in [0.25, 0.3) is 0 Å². The molecule has 0 saturated carbocycles. The molecule has 0 aliphatic carbocycles. The van der Waals surface area contributed by atoms with Gasteiger partial charge in [-0.2, -0.15) is 61.5 Å². The van der Waals surface area contributed by atoms with Gasteiger partial charge in [0.1, 0.15) is 11.1 Å². The Bertz CT molecular complexity index is 1950. The summed E-state index contributed by atoms with van der Waals surface area (Å²) in [5.41, 5.74) is -17.1. The summed E-state index contributed by atoms with van der Waals surface area (Å²) in [6.07, 6.45) is -28.0. The standard InChI is InChI=1S/C18H22.C17F20/c1-12-8-6-10-17(14(12)3)16(5)18-11-7-9-13(2)15(18)4;18-7-3(1(14(26,27)28)5(16(32,33)34)9(20)11(7)22)13(24,25)4-2(15(29,30)31)6(17(35,36)37)10(21)12(23)8(4)19/h6-11,16H,1-5H3;. The van der Waals surface area contributed by atoms with E-state index in [1.165, 1.54) is 33.4 Å². The summed E-state index contributed by atoms with van der Waals surface area (Å²) in [5, 5.41) is 0. The fourth-order valence-electron chi connectivity index (χ4n) is 5.79. The van der Waals surface area contributed by atoms with Crippen LogP contribution in [0.1, 0.15) is 79.6 Å². The molecule has 0 aliphatic rings. The molecule has 0 unspecified atom stereocenters. The van der Waals surface area contributed by atoms with Crippen molar-refractivity contribution in [1.82, 2.24) is 0 Å². The molecular weight excluding hydrogens is 800 g/mol. The third-order valence-electron chi connectivity index (χ3n) is 8.64. The minimum absolute atomic E-state index is 0.463. The van der Waals surface area contributed by atoms with Crippen LogP contribution in [0, 0.1) is 62.6 Å². The third kappa shape index (κ3) is 8.36. The van der Waals surface area contributed by atoms with E-state index in [-0.39, 0.29) is 0 Å². The first-order valence-electron chi connectivity index (χ1n) is 14.9. The van der Waals surface area contributed by atoms with Crippen LogP contribution in [0.5, 0.6) is 0 Å². The van der Waals surface area contributed by atoms with Gasteiger partial charge >= 0.3 is 30.6 Å². The molecule has 0 aromatic heterocycles. The van der Waals surface area contributed by atoms with Gasteiger partial charge in [-0.25, -0.2) is 26.3 Å². The molecule has 0 aliphatic heterocycles. The maximum absolute atomic E-state index is 15.0. The number of halogens is 20. The highest BCUT2D eigenvalue weighted by atomic mass is 19.4. The van der Waals surface area contributed by atoms with Crippen LogP contribution in [0.2, 0.25) is 0 Å². The van der Waals surface area contributed by atoms with Crippen molar-refractivity contribution in [2.45, 2.75) is 71.2 Å². The molecule has 55 heavy (non-hydrogen) atoms. The number of hydrogen-bond acceptors (Lipinski definition) is 0. The molecule has 0 fully saturated rings. The number of alkyl halides is 14. The molecule has 0 N–H and O–H groups in total. The van der Waals surface area contributed by atoms with Crippen LogP contribution in [0.4, 0.5) is 87.8 Å². The van der Waals surface area contributed by atoms with Crippen molar-refractivity contribution in [2.24, 2.45) is 0 Å². The number of rotatable bonds is 4. The Balaban J connectivity index is 0.000000374. The lowest BCUT2D eigenvalue weighted by molar-refractivity contribution is -0.169. The normalized spacial score (nSPS) is 13.0. The van der Waals surface area contributed by atoms with E-state index in [4.69, 9.17) is 0 Å². The van der Waals surface area contributed by atoms with E-state index in [0.29, 0.717) is 5.92 Å². The second kappa shape index (κ2) is 14.9. The highest BCUT2D eigenvalue weighted by Crippen LogP contribution is 2.55. The van der Waals surface area contributed by atoms with Gasteiger partial charge in [0.15, 0.2) is 34.9 Å². The van der Waals surface area contributed by atoms with Crippen molar-refractivity contribution in [2.75, 3.05) is 0 Å². The zero-order chi connectivity index (χ0) is 42.7. The van der Waals surface area contributed by atoms with Crippen molar-refractivity contribution >= 4 is 0 Å². The minimum Gasteiger partial charge on any atom is -0.203 e. The van der Waals surface area contributed by atoms with Crippen LogP contribution in [-0.2, 0) is 30.6 Å². The van der Waals surface area contributed by atoms with Crippen LogP contribution in [0.15, 0.2) is 36.4 Å². The summed E-state index contributed by atoms with van der Waals surface area (Å²) < 4.78 is 271. The Morgan fingerprint density at radius 3 is 0.873 bits per heavy atom. The summed E-state index contributed by atoms with van der Waals surface area (Å²) in [6.45, 7) is 11.1. The lowest BCUT2D eigenvalue weighted by Gasteiger charge is -2.29. The molecule has 0 spiro atoms. The molecule has 4 rings (SSSR count). The van der Waals surface area contributed by atoms with E-state index in [9.17, 15) is 87.8 Å². The molecule has 0 nitrogen and oxygen atoms in total. The highest BCUT2D eigenvalue weighted by molar-refractivity contribution is 5.53. The third-order valence-corrected chi connectivity index (χ3v) is 8.64. The first-order valence-corrected chi connectivity index (χ1v) is 14.9. The molecule has 302 valence electrons. The number of hydrogen-bond donors (Lipinski definition) is 0. The Kier molecular flexibility index (Phi) is 12.1. The van der Waals surface area contributed by atoms with E-state index in [2.05, 4.69) is 71.0 Å². The Morgan fingerprint density at radius 1 is 0.364 bits per heavy atom. The van der Waals surface area contributed by atoms with Crippen LogP contribution in [-0.4, -0.2) is 0 Å². The van der Waals surface area contributed by atoms with Crippen molar-refractivity contribution in [1.29, 1.82) is 0 Å². The van der Waals surface area contributed by atoms with Crippen LogP contribution in [0.25, 0.3) is 0 Å². The maximum atomic E-state index is 15.0. The molecule has 0 saturated heterocycles. The smallest absolute Gasteiger partial charge is 0.203 e. The average Bonchev–Trinajstić information content (AvgIpc) is 3.02. The van der Waals surface area contributed by atoms with Gasteiger partial charge in [0, 0.05) is 5.92 Å². The van der Waals surface area contributed by atoms with E-state index in [1.54, 1.807) is 0 Å². The summed E-state index contributed by atoms with van der Waals surface area (Å²) in [4.78, 5) is 0. The molecule has 4 aromatic rings. The van der Waals surface area contributed by atoms with Gasteiger partial charge in [-0.15, -0.1) is 0 Å². The molecular formula is C35H22F20. The lowest BCUT2D eigenvalue weighted by atomic mass is 9.85. The van der Waals surface area contributed by atoms with E-state index < -0.39 is 98.9 Å². The van der Waals surface area contributed by atoms with E-state index in [1.807, 2.05) is 0 Å². The number of benzene rings is 4. The summed E-state index contributed by atoms with van der Waals surface area (Å²) in [6, 6.07) is 13.2. The Hall–Kier alpha value is -4.52. The van der Waals surface area contributed by atoms with Gasteiger partial charge in [-0.05, 0) is 61.1 Å². The molecule has 0 bridgehead atoms. The predicted molar refractivity (Wildman–Crippen MR) is 155 cm³/mol. The van der Waals surface area contributed by atoms with Gasteiger partial charge < -0.3 is 0 Å². The number of aryl methyl sites for hydroxylation is 2. The van der Waals surface area contributed by atoms with Crippen molar-refractivity contribution in [3.05, 3.63) is 138 Å². The van der Waals surface area contributed by atoms with Crippen molar-refractivity contribution < 1.29 is 87.8 Å². The fourth-order valence-corrected chi connectivity index (χ4v) is 5.79. The van der Waals surface area contributed by atoms with Gasteiger partial charge in [0.2, 0.25) is 0 Å². The zero-order valence-corrected chi connectivity index (χ0v) is 28.1. The second-order valence-corrected chi connectivity index (χ2v) is 12.0. The molecule has 0 amide bonds. The van der Waals surface area contributed by atoms with E-state index in [0.717, 1.165) is 0 Å². The van der Waals surface area contributed by atoms with Crippen molar-refractivity contribution in [3.63, 3.8) is 0 Å².